The van der Waals surface area contributed by atoms with Crippen molar-refractivity contribution in [3.63, 3.8) is 0 Å². The Morgan fingerprint density at radius 2 is 1.79 bits per heavy atom. The molecule has 0 aliphatic heterocycles. The lowest BCUT2D eigenvalue weighted by molar-refractivity contribution is 0.102. The molecule has 1 aromatic heterocycles. The average Bonchev–Trinajstić information content (AvgIpc) is 2.64. The van der Waals surface area contributed by atoms with Crippen molar-refractivity contribution >= 4 is 35.2 Å². The lowest BCUT2D eigenvalue weighted by Crippen LogP contribution is -2.22. The number of aromatic amines is 1. The van der Waals surface area contributed by atoms with E-state index in [1.54, 1.807) is 37.4 Å². The van der Waals surface area contributed by atoms with Crippen LogP contribution in [0.4, 0.5) is 11.5 Å². The summed E-state index contributed by atoms with van der Waals surface area (Å²) in [5.74, 6) is -0.368. The van der Waals surface area contributed by atoms with Crippen LogP contribution in [0.2, 0.25) is 5.02 Å². The molecular weight excluding hydrogens is 378 g/mol. The molecule has 0 unspecified atom stereocenters. The molecule has 0 spiro atoms. The fraction of sp³-hybridized carbons (Fsp3) is 0.100. The van der Waals surface area contributed by atoms with E-state index in [1.165, 1.54) is 0 Å². The van der Waals surface area contributed by atoms with Gasteiger partial charge in [0.25, 0.3) is 5.91 Å². The van der Waals surface area contributed by atoms with Crippen LogP contribution in [-0.2, 0) is 0 Å². The van der Waals surface area contributed by atoms with Gasteiger partial charge in [-0.1, -0.05) is 41.4 Å². The predicted molar refractivity (Wildman–Crippen MR) is 111 cm³/mol. The summed E-state index contributed by atoms with van der Waals surface area (Å²) >= 11 is 5.86. The highest BCUT2D eigenvalue weighted by Crippen LogP contribution is 2.18. The number of hydrogen-bond acceptors (Lipinski definition) is 5. The van der Waals surface area contributed by atoms with Gasteiger partial charge in [0, 0.05) is 16.4 Å². The number of nitrogens with one attached hydrogen (secondary N) is 3. The van der Waals surface area contributed by atoms with Gasteiger partial charge in [-0.2, -0.15) is 10.1 Å². The highest BCUT2D eigenvalue weighted by atomic mass is 35.5. The van der Waals surface area contributed by atoms with E-state index in [1.807, 2.05) is 31.2 Å². The smallest absolute Gasteiger partial charge is 0.322 e. The molecule has 0 atom stereocenters. The van der Waals surface area contributed by atoms with E-state index in [0.717, 1.165) is 11.1 Å². The normalized spacial score (nSPS) is 10.8. The van der Waals surface area contributed by atoms with E-state index in [2.05, 4.69) is 25.8 Å². The number of nitrogens with zero attached hydrogens (tertiary/aromatic N) is 2. The molecule has 7 nitrogen and oxygen atoms in total. The summed E-state index contributed by atoms with van der Waals surface area (Å²) in [5.41, 5.74) is 5.25. The van der Waals surface area contributed by atoms with Crippen LogP contribution in [0.15, 0.2) is 58.4 Å². The first-order chi connectivity index (χ1) is 13.4. The number of rotatable bonds is 5. The molecule has 3 aromatic rings. The van der Waals surface area contributed by atoms with Crippen LogP contribution in [-0.4, -0.2) is 22.1 Å². The fourth-order valence-corrected chi connectivity index (χ4v) is 2.62. The van der Waals surface area contributed by atoms with Crippen LogP contribution < -0.4 is 16.4 Å². The first-order valence-corrected chi connectivity index (χ1v) is 8.84. The molecule has 3 rings (SSSR count). The molecule has 3 N–H and O–H groups in total. The van der Waals surface area contributed by atoms with E-state index < -0.39 is 11.6 Å². The molecule has 8 heteroatoms. The Morgan fingerprint density at radius 3 is 2.46 bits per heavy atom. The van der Waals surface area contributed by atoms with E-state index in [0.29, 0.717) is 16.4 Å². The third-order valence-corrected chi connectivity index (χ3v) is 4.16. The lowest BCUT2D eigenvalue weighted by Gasteiger charge is -2.11. The second kappa shape index (κ2) is 8.49. The molecule has 0 aliphatic carbocycles. The second-order valence-corrected chi connectivity index (χ2v) is 6.57. The van der Waals surface area contributed by atoms with Crippen molar-refractivity contribution in [1.82, 2.24) is 9.97 Å². The first-order valence-electron chi connectivity index (χ1n) is 8.46. The molecule has 0 aliphatic rings. The number of benzene rings is 2. The summed E-state index contributed by atoms with van der Waals surface area (Å²) in [5, 5.41) is 7.41. The molecule has 0 fully saturated rings. The number of carbonyl (C=O) groups excluding carboxylic acids is 1. The number of hydrazone groups is 1. The van der Waals surface area contributed by atoms with Gasteiger partial charge >= 0.3 is 5.69 Å². The molecule has 2 aromatic carbocycles. The molecule has 0 saturated carbocycles. The predicted octanol–water partition coefficient (Wildman–Crippen LogP) is 3.74. The van der Waals surface area contributed by atoms with Gasteiger partial charge in [0.15, 0.2) is 5.82 Å². The molecule has 0 radical (unpaired) electrons. The largest absolute Gasteiger partial charge is 0.347 e. The minimum Gasteiger partial charge on any atom is -0.322 e. The van der Waals surface area contributed by atoms with Crippen molar-refractivity contribution in [2.24, 2.45) is 5.10 Å². The Hall–Kier alpha value is -3.45. The van der Waals surface area contributed by atoms with Crippen molar-refractivity contribution in [2.75, 3.05) is 10.7 Å². The lowest BCUT2D eigenvalue weighted by atomic mass is 10.2. The van der Waals surface area contributed by atoms with Gasteiger partial charge in [0.1, 0.15) is 5.56 Å². The van der Waals surface area contributed by atoms with Gasteiger partial charge in [0.05, 0.1) is 6.21 Å². The molecule has 142 valence electrons. The van der Waals surface area contributed by atoms with Crippen molar-refractivity contribution < 1.29 is 4.79 Å². The topological polar surface area (TPSA) is 99.2 Å². The minimum absolute atomic E-state index is 0.0658. The number of hydrogen-bond donors (Lipinski definition) is 3. The Bertz CT molecular complexity index is 1070. The number of anilines is 2. The molecule has 1 amide bonds. The number of halogens is 1. The Kier molecular flexibility index (Phi) is 5.86. The number of H-pyrrole nitrogens is 1. The van der Waals surface area contributed by atoms with Crippen LogP contribution in [0.25, 0.3) is 0 Å². The molecule has 0 bridgehead atoms. The van der Waals surface area contributed by atoms with Crippen molar-refractivity contribution in [2.45, 2.75) is 13.8 Å². The zero-order valence-electron chi connectivity index (χ0n) is 15.3. The van der Waals surface area contributed by atoms with Gasteiger partial charge in [-0.3, -0.25) is 10.2 Å². The highest BCUT2D eigenvalue weighted by Gasteiger charge is 2.17. The third kappa shape index (κ3) is 4.83. The average molecular weight is 396 g/mol. The van der Waals surface area contributed by atoms with E-state index >= 15 is 0 Å². The first kappa shape index (κ1) is 19.3. The van der Waals surface area contributed by atoms with E-state index in [9.17, 15) is 9.59 Å². The monoisotopic (exact) mass is 395 g/mol. The fourth-order valence-electron chi connectivity index (χ4n) is 2.49. The maximum Gasteiger partial charge on any atom is 0.347 e. The van der Waals surface area contributed by atoms with Crippen LogP contribution in [0, 0.1) is 13.8 Å². The number of aryl methyl sites for hydroxylation is 2. The maximum atomic E-state index is 12.7. The SMILES string of the molecule is Cc1ccc(C=NNc2nc(=O)[nH]c(C)c2C(=O)Nc2ccc(Cl)cc2)cc1. The Balaban J connectivity index is 1.84. The second-order valence-electron chi connectivity index (χ2n) is 6.13. The molecule has 28 heavy (non-hydrogen) atoms. The third-order valence-electron chi connectivity index (χ3n) is 3.91. The summed E-state index contributed by atoms with van der Waals surface area (Å²) in [4.78, 5) is 30.8. The number of carbonyl (C=O) groups is 1. The maximum absolute atomic E-state index is 12.7. The van der Waals surface area contributed by atoms with Crippen molar-refractivity contribution in [1.29, 1.82) is 0 Å². The van der Waals surface area contributed by atoms with Crippen LogP contribution >= 0.6 is 11.6 Å². The summed E-state index contributed by atoms with van der Waals surface area (Å²) in [6.07, 6.45) is 1.58. The quantitative estimate of drug-likeness (QED) is 0.452. The summed E-state index contributed by atoms with van der Waals surface area (Å²) < 4.78 is 0. The van der Waals surface area contributed by atoms with Crippen LogP contribution in [0.1, 0.15) is 27.2 Å². The van der Waals surface area contributed by atoms with Crippen LogP contribution in [0.3, 0.4) is 0 Å². The van der Waals surface area contributed by atoms with Gasteiger partial charge in [-0.25, -0.2) is 4.79 Å². The summed E-state index contributed by atoms with van der Waals surface area (Å²) in [6, 6.07) is 14.4. The van der Waals surface area contributed by atoms with Crippen LogP contribution in [0.5, 0.6) is 0 Å². The van der Waals surface area contributed by atoms with Gasteiger partial charge in [-0.05, 0) is 43.7 Å². The van der Waals surface area contributed by atoms with Gasteiger partial charge < -0.3 is 10.3 Å². The minimum atomic E-state index is -0.575. The van der Waals surface area contributed by atoms with Gasteiger partial charge in [-0.15, -0.1) is 0 Å². The summed E-state index contributed by atoms with van der Waals surface area (Å²) in [7, 11) is 0. The number of aromatic nitrogens is 2. The van der Waals surface area contributed by atoms with Gasteiger partial charge in [0.2, 0.25) is 0 Å². The van der Waals surface area contributed by atoms with Crippen molar-refractivity contribution in [3.8, 4) is 0 Å². The zero-order chi connectivity index (χ0) is 20.1. The molecule has 1 heterocycles. The van der Waals surface area contributed by atoms with Crippen molar-refractivity contribution in [3.05, 3.63) is 86.4 Å². The van der Waals surface area contributed by atoms with E-state index in [-0.39, 0.29) is 11.4 Å². The molecule has 0 saturated heterocycles. The zero-order valence-corrected chi connectivity index (χ0v) is 16.0. The summed E-state index contributed by atoms with van der Waals surface area (Å²) in [6.45, 7) is 3.61. The standard InChI is InChI=1S/C20H18ClN5O2/c1-12-3-5-14(6-4-12)11-22-26-18-17(13(2)23-20(28)25-18)19(27)24-16-9-7-15(21)8-10-16/h3-11H,1-2H3,(H,24,27)(H2,23,25,26,28). The Morgan fingerprint density at radius 1 is 1.11 bits per heavy atom. The van der Waals surface area contributed by atoms with E-state index in [4.69, 9.17) is 11.6 Å². The number of amides is 1. The Labute approximate surface area is 166 Å². The highest BCUT2D eigenvalue weighted by molar-refractivity contribution is 6.30. The molecular formula is C20H18ClN5O2.